The van der Waals surface area contributed by atoms with Gasteiger partial charge in [0, 0.05) is 28.6 Å². The van der Waals surface area contributed by atoms with Gasteiger partial charge in [-0.2, -0.15) is 0 Å². The van der Waals surface area contributed by atoms with Crippen LogP contribution in [-0.4, -0.2) is 46.7 Å². The van der Waals surface area contributed by atoms with Crippen LogP contribution in [0, 0.1) is 0 Å². The van der Waals surface area contributed by atoms with Gasteiger partial charge in [-0.05, 0) is 92.0 Å². The molecule has 190 valence electrons. The van der Waals surface area contributed by atoms with Crippen LogP contribution in [0.2, 0.25) is 0 Å². The summed E-state index contributed by atoms with van der Waals surface area (Å²) in [5.74, 6) is 2.44. The lowest BCUT2D eigenvalue weighted by atomic mass is 10.0. The molecule has 5 nitrogen and oxygen atoms in total. The quantitative estimate of drug-likeness (QED) is 0.257. The number of ether oxygens (including phenoxy) is 2. The molecule has 1 aliphatic rings. The van der Waals surface area contributed by atoms with Gasteiger partial charge in [0.1, 0.15) is 29.6 Å². The van der Waals surface area contributed by atoms with Crippen molar-refractivity contribution in [2.24, 2.45) is 0 Å². The topological polar surface area (TPSA) is 59.0 Å². The van der Waals surface area contributed by atoms with Gasteiger partial charge in [0.25, 0.3) is 0 Å². The van der Waals surface area contributed by atoms with Crippen LogP contribution in [0.15, 0.2) is 70.9 Å². The van der Waals surface area contributed by atoms with E-state index in [0.29, 0.717) is 18.1 Å². The van der Waals surface area contributed by atoms with E-state index in [1.807, 2.05) is 54.6 Å². The number of phenolic OH excluding ortho intramolecular Hbond substituents is 1. The summed E-state index contributed by atoms with van der Waals surface area (Å²) in [6.45, 7) is 3.97. The molecule has 0 spiro atoms. The Bertz CT molecular complexity index is 1330. The Balaban J connectivity index is 0.00000304. The van der Waals surface area contributed by atoms with Crippen molar-refractivity contribution < 1.29 is 18.8 Å². The summed E-state index contributed by atoms with van der Waals surface area (Å²) in [5, 5.41) is 11.7. The van der Waals surface area contributed by atoms with Gasteiger partial charge in [0.05, 0.1) is 15.0 Å². The highest BCUT2D eigenvalue weighted by Crippen LogP contribution is 2.43. The summed E-state index contributed by atoms with van der Waals surface area (Å²) in [6.07, 6.45) is 5.59. The van der Waals surface area contributed by atoms with Gasteiger partial charge >= 0.3 is 0 Å². The zero-order valence-electron chi connectivity index (χ0n) is 20.1. The van der Waals surface area contributed by atoms with Gasteiger partial charge in [-0.25, -0.2) is 0 Å². The number of nitrogens with zero attached hydrogens (tertiary/aromatic N) is 1. The van der Waals surface area contributed by atoms with E-state index in [2.05, 4.69) is 4.90 Å². The molecule has 1 unspecified atom stereocenters. The molecule has 1 aliphatic heterocycles. The molecule has 1 atom stereocenters. The molecule has 0 aliphatic carbocycles. The minimum absolute atomic E-state index is 0. The first kappa shape index (κ1) is 26.5. The first-order valence-corrected chi connectivity index (χ1v) is 14.3. The Hall–Kier alpha value is -2.58. The Labute approximate surface area is 224 Å². The van der Waals surface area contributed by atoms with E-state index < -0.39 is 10.8 Å². The third kappa shape index (κ3) is 6.21. The fourth-order valence-corrected chi connectivity index (χ4v) is 6.17. The molecule has 0 amide bonds. The smallest absolute Gasteiger partial charge is 0.143 e. The van der Waals surface area contributed by atoms with Crippen LogP contribution in [0.25, 0.3) is 21.2 Å². The first-order valence-electron chi connectivity index (χ1n) is 11.9. The van der Waals surface area contributed by atoms with Crippen LogP contribution in [0.5, 0.6) is 23.0 Å². The third-order valence-corrected chi connectivity index (χ3v) is 8.82. The number of hydrogen-bond donors (Lipinski definition) is 1. The average Bonchev–Trinajstić information content (AvgIpc) is 3.36. The lowest BCUT2D eigenvalue weighted by molar-refractivity contribution is 0.183. The van der Waals surface area contributed by atoms with Crippen molar-refractivity contribution in [2.75, 3.05) is 32.5 Å². The number of hydrogen-bond acceptors (Lipinski definition) is 6. The van der Waals surface area contributed by atoms with E-state index in [9.17, 15) is 9.32 Å². The number of fused-ring (bicyclic) bond motifs is 1. The highest BCUT2D eigenvalue weighted by molar-refractivity contribution is 7.86. The molecule has 5 rings (SSSR count). The summed E-state index contributed by atoms with van der Waals surface area (Å²) in [4.78, 5) is 3.45. The van der Waals surface area contributed by atoms with Crippen LogP contribution in [0.4, 0.5) is 0 Å². The number of halogens is 1. The third-order valence-electron chi connectivity index (χ3n) is 6.25. The summed E-state index contributed by atoms with van der Waals surface area (Å²) < 4.78 is 25.2. The second kappa shape index (κ2) is 12.1. The van der Waals surface area contributed by atoms with Crippen molar-refractivity contribution in [3.05, 3.63) is 66.7 Å². The number of piperidine rings is 1. The van der Waals surface area contributed by atoms with Gasteiger partial charge in [-0.15, -0.1) is 23.7 Å². The molecule has 1 saturated heterocycles. The van der Waals surface area contributed by atoms with Gasteiger partial charge in [0.15, 0.2) is 0 Å². The highest BCUT2D eigenvalue weighted by atomic mass is 35.5. The fraction of sp³-hybridized carbons (Fsp3) is 0.286. The second-order valence-electron chi connectivity index (χ2n) is 8.74. The standard InChI is InChI=1S/C28H29NO4S2.ClH/c1-35(31)27-14-13-26(34-27)25-11-5-20-19-21(30)6-12-24(20)28(25)33-23-9-7-22(8-10-23)32-18-17-29-15-3-2-4-16-29;/h5-14,19,30H,2-4,15-18H2,1H3;1H. The van der Waals surface area contributed by atoms with Crippen molar-refractivity contribution in [3.8, 4) is 33.4 Å². The van der Waals surface area contributed by atoms with Crippen LogP contribution in [-0.2, 0) is 10.8 Å². The minimum Gasteiger partial charge on any atom is -0.508 e. The van der Waals surface area contributed by atoms with Gasteiger partial charge < -0.3 is 14.6 Å². The summed E-state index contributed by atoms with van der Waals surface area (Å²) in [6, 6.07) is 20.8. The van der Waals surface area contributed by atoms with E-state index in [1.54, 1.807) is 18.4 Å². The zero-order chi connectivity index (χ0) is 24.2. The second-order valence-corrected chi connectivity index (χ2v) is 11.4. The summed E-state index contributed by atoms with van der Waals surface area (Å²) in [7, 11) is -1.04. The largest absolute Gasteiger partial charge is 0.508 e. The monoisotopic (exact) mass is 543 g/mol. The number of aromatic hydroxyl groups is 1. The molecule has 1 fully saturated rings. The Kier molecular flexibility index (Phi) is 8.90. The Morgan fingerprint density at radius 1 is 0.944 bits per heavy atom. The fourth-order valence-electron chi connectivity index (χ4n) is 4.41. The highest BCUT2D eigenvalue weighted by Gasteiger charge is 2.16. The minimum atomic E-state index is -1.04. The maximum absolute atomic E-state index is 12.0. The molecule has 1 aromatic heterocycles. The molecular weight excluding hydrogens is 514 g/mol. The molecule has 4 aromatic rings. The number of phenols is 1. The van der Waals surface area contributed by atoms with Crippen LogP contribution < -0.4 is 9.47 Å². The normalized spacial score (nSPS) is 14.8. The molecule has 3 aromatic carbocycles. The molecule has 36 heavy (non-hydrogen) atoms. The van der Waals surface area contributed by atoms with E-state index in [0.717, 1.165) is 37.7 Å². The van der Waals surface area contributed by atoms with E-state index in [-0.39, 0.29) is 18.2 Å². The first-order chi connectivity index (χ1) is 17.1. The van der Waals surface area contributed by atoms with Gasteiger partial charge in [0.2, 0.25) is 0 Å². The van der Waals surface area contributed by atoms with Gasteiger partial charge in [-0.3, -0.25) is 9.11 Å². The van der Waals surface area contributed by atoms with Crippen molar-refractivity contribution >= 4 is 45.3 Å². The average molecular weight is 544 g/mol. The van der Waals surface area contributed by atoms with E-state index >= 15 is 0 Å². The molecule has 2 heterocycles. The predicted molar refractivity (Wildman–Crippen MR) is 151 cm³/mol. The molecular formula is C28H30ClNO4S2. The maximum Gasteiger partial charge on any atom is 0.143 e. The van der Waals surface area contributed by atoms with Crippen LogP contribution >= 0.6 is 23.7 Å². The lowest BCUT2D eigenvalue weighted by Crippen LogP contribution is -2.33. The number of likely N-dealkylation sites (tertiary alicyclic amines) is 1. The summed E-state index contributed by atoms with van der Waals surface area (Å²) >= 11 is 1.50. The zero-order valence-corrected chi connectivity index (χ0v) is 22.6. The number of rotatable bonds is 8. The maximum atomic E-state index is 12.0. The molecule has 0 radical (unpaired) electrons. The van der Waals surface area contributed by atoms with Crippen LogP contribution in [0.3, 0.4) is 0 Å². The van der Waals surface area contributed by atoms with Gasteiger partial charge in [-0.1, -0.05) is 12.5 Å². The molecule has 0 saturated carbocycles. The Morgan fingerprint density at radius 2 is 1.69 bits per heavy atom. The Morgan fingerprint density at radius 3 is 2.42 bits per heavy atom. The molecule has 8 heteroatoms. The van der Waals surface area contributed by atoms with E-state index in [4.69, 9.17) is 9.47 Å². The molecule has 0 bridgehead atoms. The van der Waals surface area contributed by atoms with Crippen molar-refractivity contribution in [3.63, 3.8) is 0 Å². The predicted octanol–water partition coefficient (Wildman–Crippen LogP) is 7.09. The summed E-state index contributed by atoms with van der Waals surface area (Å²) in [5.41, 5.74) is 0.923. The van der Waals surface area contributed by atoms with Crippen LogP contribution in [0.1, 0.15) is 19.3 Å². The van der Waals surface area contributed by atoms with Crippen molar-refractivity contribution in [1.82, 2.24) is 4.90 Å². The van der Waals surface area contributed by atoms with Crippen molar-refractivity contribution in [2.45, 2.75) is 23.5 Å². The van der Waals surface area contributed by atoms with E-state index in [1.165, 1.54) is 43.7 Å². The lowest BCUT2D eigenvalue weighted by Gasteiger charge is -2.26. The molecule has 1 N–H and O–H groups in total. The number of thiophene rings is 1. The van der Waals surface area contributed by atoms with Crippen molar-refractivity contribution in [1.29, 1.82) is 0 Å². The number of benzene rings is 3. The SMILES string of the molecule is CS(=O)c1ccc(-c2ccc3cc(O)ccc3c2Oc2ccc(OCCN3CCCCC3)cc2)s1.Cl.